The van der Waals surface area contributed by atoms with Crippen molar-refractivity contribution < 1.29 is 4.79 Å². The Labute approximate surface area is 76.5 Å². The fourth-order valence-electron chi connectivity index (χ4n) is 1.44. The van der Waals surface area contributed by atoms with E-state index in [0.29, 0.717) is 12.4 Å². The van der Waals surface area contributed by atoms with Gasteiger partial charge in [-0.1, -0.05) is 0 Å². The highest BCUT2D eigenvalue weighted by molar-refractivity contribution is 5.92. The van der Waals surface area contributed by atoms with Crippen LogP contribution < -0.4 is 0 Å². The lowest BCUT2D eigenvalue weighted by Gasteiger charge is -2.32. The Morgan fingerprint density at radius 1 is 1.46 bits per heavy atom. The molecule has 1 aliphatic rings. The highest BCUT2D eigenvalue weighted by Gasteiger charge is 2.26. The van der Waals surface area contributed by atoms with Crippen LogP contribution in [0.4, 0.5) is 0 Å². The molecule has 0 aromatic carbocycles. The summed E-state index contributed by atoms with van der Waals surface area (Å²) in [7, 11) is 3.62. The number of hydrogen-bond donors (Lipinski definition) is 0. The smallest absolute Gasteiger partial charge is 0.272 e. The molecule has 0 spiro atoms. The fraction of sp³-hybridized carbons (Fsp3) is 0.500. The summed E-state index contributed by atoms with van der Waals surface area (Å²) in [5.74, 6) is -0.00523. The minimum atomic E-state index is -0.00523. The molecular formula is C8H12N4O. The van der Waals surface area contributed by atoms with Gasteiger partial charge < -0.3 is 0 Å². The molecule has 1 amide bonds. The van der Waals surface area contributed by atoms with Crippen LogP contribution in [0, 0.1) is 6.92 Å². The molecule has 2 rings (SSSR count). The second kappa shape index (κ2) is 2.56. The Morgan fingerprint density at radius 2 is 2.15 bits per heavy atom. The maximum Gasteiger partial charge on any atom is 0.286 e. The summed E-state index contributed by atoms with van der Waals surface area (Å²) in [5.41, 5.74) is 1.55. The van der Waals surface area contributed by atoms with Crippen molar-refractivity contribution in [3.05, 3.63) is 17.5 Å². The van der Waals surface area contributed by atoms with Gasteiger partial charge in [0.25, 0.3) is 5.91 Å². The van der Waals surface area contributed by atoms with Crippen molar-refractivity contribution in [2.75, 3.05) is 14.1 Å². The van der Waals surface area contributed by atoms with Gasteiger partial charge in [-0.15, -0.1) is 0 Å². The van der Waals surface area contributed by atoms with Crippen molar-refractivity contribution in [1.29, 1.82) is 0 Å². The minimum absolute atomic E-state index is 0.00523. The summed E-state index contributed by atoms with van der Waals surface area (Å²) in [6, 6.07) is 1.81. The van der Waals surface area contributed by atoms with E-state index in [2.05, 4.69) is 5.10 Å². The van der Waals surface area contributed by atoms with Crippen LogP contribution in [0.1, 0.15) is 16.2 Å². The number of nitrogens with zero attached hydrogens (tertiary/aromatic N) is 4. The Hall–Kier alpha value is -1.36. The molecule has 1 aromatic heterocycles. The number of rotatable bonds is 0. The highest BCUT2D eigenvalue weighted by atomic mass is 16.2. The monoisotopic (exact) mass is 180 g/mol. The third-order valence-corrected chi connectivity index (χ3v) is 2.27. The third-order valence-electron chi connectivity index (χ3n) is 2.27. The number of hydrazine groups is 1. The van der Waals surface area contributed by atoms with Gasteiger partial charge in [0.1, 0.15) is 12.4 Å². The molecule has 0 unspecified atom stereocenters. The number of carbonyl (C=O) groups is 1. The van der Waals surface area contributed by atoms with Crippen LogP contribution in [0.5, 0.6) is 0 Å². The van der Waals surface area contributed by atoms with E-state index in [1.807, 2.05) is 25.0 Å². The van der Waals surface area contributed by atoms with Crippen LogP contribution in [-0.4, -0.2) is 39.8 Å². The molecule has 0 N–H and O–H groups in total. The average molecular weight is 180 g/mol. The van der Waals surface area contributed by atoms with E-state index in [1.165, 1.54) is 0 Å². The van der Waals surface area contributed by atoms with Crippen LogP contribution in [0.15, 0.2) is 6.07 Å². The largest absolute Gasteiger partial charge is 0.286 e. The number of fused-ring (bicyclic) bond motifs is 1. The van der Waals surface area contributed by atoms with Gasteiger partial charge in [0, 0.05) is 14.1 Å². The molecule has 13 heavy (non-hydrogen) atoms. The van der Waals surface area contributed by atoms with Crippen molar-refractivity contribution in [2.45, 2.75) is 13.6 Å². The number of amides is 1. The lowest BCUT2D eigenvalue weighted by Crippen LogP contribution is -2.47. The van der Waals surface area contributed by atoms with E-state index in [4.69, 9.17) is 0 Å². The highest BCUT2D eigenvalue weighted by Crippen LogP contribution is 2.13. The second-order valence-electron chi connectivity index (χ2n) is 3.30. The standard InChI is InChI=1S/C8H12N4O/c1-6-4-7-8(13)11(3)10(2)5-12(7)9-6/h4H,5H2,1-3H3. The van der Waals surface area contributed by atoms with Crippen LogP contribution >= 0.6 is 0 Å². The van der Waals surface area contributed by atoms with Gasteiger partial charge in [-0.05, 0) is 13.0 Å². The maximum atomic E-state index is 11.7. The van der Waals surface area contributed by atoms with Gasteiger partial charge in [-0.25, -0.2) is 9.69 Å². The Morgan fingerprint density at radius 3 is 2.85 bits per heavy atom. The molecule has 2 heterocycles. The van der Waals surface area contributed by atoms with E-state index < -0.39 is 0 Å². The van der Waals surface area contributed by atoms with Crippen LogP contribution in [0.3, 0.4) is 0 Å². The van der Waals surface area contributed by atoms with Gasteiger partial charge in [0.05, 0.1) is 5.69 Å². The van der Waals surface area contributed by atoms with E-state index in [9.17, 15) is 4.79 Å². The fourth-order valence-corrected chi connectivity index (χ4v) is 1.44. The molecule has 0 radical (unpaired) electrons. The first-order valence-electron chi connectivity index (χ1n) is 4.13. The van der Waals surface area contributed by atoms with Gasteiger partial charge >= 0.3 is 0 Å². The minimum Gasteiger partial charge on any atom is -0.272 e. The first kappa shape index (κ1) is 8.25. The van der Waals surface area contributed by atoms with Crippen molar-refractivity contribution in [3.63, 3.8) is 0 Å². The van der Waals surface area contributed by atoms with E-state index in [1.54, 1.807) is 16.7 Å². The average Bonchev–Trinajstić information content (AvgIpc) is 2.42. The number of aryl methyl sites for hydroxylation is 1. The number of hydrogen-bond acceptors (Lipinski definition) is 3. The quantitative estimate of drug-likeness (QED) is 0.568. The van der Waals surface area contributed by atoms with Crippen LogP contribution in [0.2, 0.25) is 0 Å². The van der Waals surface area contributed by atoms with Gasteiger partial charge in [0.2, 0.25) is 0 Å². The van der Waals surface area contributed by atoms with Gasteiger partial charge in [-0.3, -0.25) is 9.80 Å². The van der Waals surface area contributed by atoms with Crippen molar-refractivity contribution in [2.24, 2.45) is 0 Å². The molecular weight excluding hydrogens is 168 g/mol. The van der Waals surface area contributed by atoms with Crippen molar-refractivity contribution in [1.82, 2.24) is 19.8 Å². The molecule has 0 bridgehead atoms. The summed E-state index contributed by atoms with van der Waals surface area (Å²) in [6.07, 6.45) is 0. The third kappa shape index (κ3) is 1.12. The molecule has 70 valence electrons. The van der Waals surface area contributed by atoms with Crippen molar-refractivity contribution >= 4 is 5.91 Å². The molecule has 5 nitrogen and oxygen atoms in total. The Bertz CT molecular complexity index is 357. The molecule has 0 saturated carbocycles. The first-order chi connectivity index (χ1) is 6.09. The molecule has 1 aliphatic heterocycles. The lowest BCUT2D eigenvalue weighted by atomic mass is 10.3. The summed E-state index contributed by atoms with van der Waals surface area (Å²) in [5, 5.41) is 7.63. The van der Waals surface area contributed by atoms with E-state index in [0.717, 1.165) is 5.69 Å². The predicted octanol–water partition coefficient (Wildman–Crippen LogP) is 0.0814. The number of carbonyl (C=O) groups excluding carboxylic acids is 1. The first-order valence-corrected chi connectivity index (χ1v) is 4.13. The van der Waals surface area contributed by atoms with Gasteiger partial charge in [-0.2, -0.15) is 5.10 Å². The zero-order valence-electron chi connectivity index (χ0n) is 7.98. The molecule has 1 aromatic rings. The summed E-state index contributed by atoms with van der Waals surface area (Å²) < 4.78 is 1.72. The molecule has 0 aliphatic carbocycles. The number of aromatic nitrogens is 2. The Kier molecular flexibility index (Phi) is 1.63. The molecule has 0 atom stereocenters. The zero-order valence-corrected chi connectivity index (χ0v) is 7.98. The van der Waals surface area contributed by atoms with Crippen LogP contribution in [0.25, 0.3) is 0 Å². The van der Waals surface area contributed by atoms with Gasteiger partial charge in [0.15, 0.2) is 0 Å². The summed E-state index contributed by atoms with van der Waals surface area (Å²) >= 11 is 0. The van der Waals surface area contributed by atoms with Crippen molar-refractivity contribution in [3.8, 4) is 0 Å². The summed E-state index contributed by atoms with van der Waals surface area (Å²) in [6.45, 7) is 2.52. The topological polar surface area (TPSA) is 41.4 Å². The SMILES string of the molecule is Cc1cc2n(n1)CN(C)N(C)C2=O. The second-order valence-corrected chi connectivity index (χ2v) is 3.30. The van der Waals surface area contributed by atoms with E-state index >= 15 is 0 Å². The zero-order chi connectivity index (χ0) is 9.59. The maximum absolute atomic E-state index is 11.7. The van der Waals surface area contributed by atoms with Crippen LogP contribution in [-0.2, 0) is 6.67 Å². The summed E-state index contributed by atoms with van der Waals surface area (Å²) in [4.78, 5) is 11.7. The predicted molar refractivity (Wildman–Crippen MR) is 46.8 cm³/mol. The molecule has 0 fully saturated rings. The normalized spacial score (nSPS) is 17.8. The molecule has 5 heteroatoms. The van der Waals surface area contributed by atoms with E-state index in [-0.39, 0.29) is 5.91 Å². The lowest BCUT2D eigenvalue weighted by molar-refractivity contribution is -0.0123. The Balaban J connectivity index is 2.48. The molecule has 0 saturated heterocycles.